The van der Waals surface area contributed by atoms with E-state index >= 15 is 0 Å². The van der Waals surface area contributed by atoms with Crippen LogP contribution in [0.25, 0.3) is 10.2 Å². The minimum atomic E-state index is -1.71. The molecule has 1 aromatic carbocycles. The van der Waals surface area contributed by atoms with Crippen LogP contribution in [0.15, 0.2) is 30.4 Å². The number of halogens is 2. The lowest BCUT2D eigenvalue weighted by molar-refractivity contribution is -0.116. The molecule has 1 aromatic heterocycles. The molecule has 0 unspecified atom stereocenters. The number of hydrogen-bond acceptors (Lipinski definition) is 4. The third kappa shape index (κ3) is 4.22. The summed E-state index contributed by atoms with van der Waals surface area (Å²) in [6.45, 7) is 0. The highest BCUT2D eigenvalue weighted by atomic mass is 32.1. The maximum absolute atomic E-state index is 11.8. The number of rotatable bonds is 6. The van der Waals surface area contributed by atoms with Crippen molar-refractivity contribution in [1.82, 2.24) is 4.98 Å². The Hall–Kier alpha value is -2.02. The maximum Gasteiger partial charge on any atom is 0.266 e. The quantitative estimate of drug-likeness (QED) is 0.814. The molecule has 0 radical (unpaired) electrons. The summed E-state index contributed by atoms with van der Waals surface area (Å²) in [6, 6.07) is 5.54. The molecule has 1 amide bonds. The van der Waals surface area contributed by atoms with Crippen LogP contribution in [0.3, 0.4) is 0 Å². The van der Waals surface area contributed by atoms with Crippen LogP contribution in [0.5, 0.6) is 5.75 Å². The van der Waals surface area contributed by atoms with Gasteiger partial charge in [-0.25, -0.2) is 4.98 Å². The van der Waals surface area contributed by atoms with Gasteiger partial charge in [-0.2, -0.15) is 8.78 Å². The maximum atomic E-state index is 11.8. The molecule has 2 aromatic rings. The number of benzene rings is 1. The molecule has 0 aliphatic heterocycles. The van der Waals surface area contributed by atoms with Crippen LogP contribution in [0.2, 0.25) is 0 Å². The molecule has 0 spiro atoms. The fraction of sp³-hybridized carbons (Fsp3) is 0.286. The number of ether oxygens (including phenoxy) is 1. The zero-order valence-corrected chi connectivity index (χ0v) is 12.2. The van der Waals surface area contributed by atoms with E-state index in [1.54, 1.807) is 13.2 Å². The number of aromatic nitrogens is 1. The Morgan fingerprint density at radius 2 is 2.29 bits per heavy atom. The third-order valence-corrected chi connectivity index (χ3v) is 3.69. The minimum absolute atomic E-state index is 0.177. The Morgan fingerprint density at radius 1 is 1.48 bits per heavy atom. The van der Waals surface area contributed by atoms with Gasteiger partial charge in [0.15, 0.2) is 5.13 Å². The number of anilines is 1. The van der Waals surface area contributed by atoms with E-state index < -0.39 is 6.08 Å². The molecule has 0 atom stereocenters. The van der Waals surface area contributed by atoms with Gasteiger partial charge in [0.2, 0.25) is 5.91 Å². The molecule has 0 bridgehead atoms. The van der Waals surface area contributed by atoms with E-state index in [9.17, 15) is 13.6 Å². The molecular formula is C14H14F2N2O2S. The van der Waals surface area contributed by atoms with Crippen LogP contribution in [0.1, 0.15) is 19.3 Å². The van der Waals surface area contributed by atoms with Gasteiger partial charge in [-0.1, -0.05) is 17.4 Å². The van der Waals surface area contributed by atoms with Crippen molar-refractivity contribution >= 4 is 32.6 Å². The lowest BCUT2D eigenvalue weighted by atomic mass is 10.2. The third-order valence-electron chi connectivity index (χ3n) is 2.75. The van der Waals surface area contributed by atoms with Crippen molar-refractivity contribution in [2.45, 2.75) is 19.3 Å². The summed E-state index contributed by atoms with van der Waals surface area (Å²) in [7, 11) is 1.56. The van der Waals surface area contributed by atoms with Gasteiger partial charge in [0, 0.05) is 6.42 Å². The molecule has 0 saturated heterocycles. The zero-order chi connectivity index (χ0) is 15.2. The summed E-state index contributed by atoms with van der Waals surface area (Å²) in [4.78, 5) is 16.0. The zero-order valence-electron chi connectivity index (χ0n) is 11.4. The summed E-state index contributed by atoms with van der Waals surface area (Å²) in [5.74, 6) is 0.411. The van der Waals surface area contributed by atoms with E-state index in [4.69, 9.17) is 4.74 Å². The smallest absolute Gasteiger partial charge is 0.266 e. The van der Waals surface area contributed by atoms with Crippen LogP contribution in [-0.4, -0.2) is 18.0 Å². The molecule has 0 saturated carbocycles. The second-order valence-corrected chi connectivity index (χ2v) is 5.29. The Bertz CT molecular complexity index is 666. The molecule has 2 rings (SSSR count). The fourth-order valence-corrected chi connectivity index (χ4v) is 2.70. The average Bonchev–Trinajstić information content (AvgIpc) is 2.85. The Kier molecular flexibility index (Phi) is 5.21. The van der Waals surface area contributed by atoms with Crippen molar-refractivity contribution in [2.24, 2.45) is 0 Å². The number of unbranched alkanes of at least 4 members (excludes halogenated alkanes) is 1. The summed E-state index contributed by atoms with van der Waals surface area (Å²) in [5, 5.41) is 3.15. The van der Waals surface area contributed by atoms with E-state index in [2.05, 4.69) is 10.3 Å². The van der Waals surface area contributed by atoms with E-state index in [0.717, 1.165) is 10.8 Å². The summed E-state index contributed by atoms with van der Waals surface area (Å²) >= 11 is 1.34. The van der Waals surface area contributed by atoms with Crippen molar-refractivity contribution in [3.63, 3.8) is 0 Å². The first kappa shape index (κ1) is 15.4. The predicted octanol–water partition coefficient (Wildman–Crippen LogP) is 4.19. The Labute approximate surface area is 124 Å². The molecule has 4 nitrogen and oxygen atoms in total. The van der Waals surface area contributed by atoms with Gasteiger partial charge in [0.1, 0.15) is 11.3 Å². The SMILES string of the molecule is COc1cccc2sc(NC(=O)CCCC=C(F)F)nc12. The number of nitrogens with zero attached hydrogens (tertiary/aromatic N) is 1. The molecule has 21 heavy (non-hydrogen) atoms. The number of amides is 1. The monoisotopic (exact) mass is 312 g/mol. The average molecular weight is 312 g/mol. The normalized spacial score (nSPS) is 10.4. The first-order valence-corrected chi connectivity index (χ1v) is 7.16. The van der Waals surface area contributed by atoms with Gasteiger partial charge in [0.05, 0.1) is 11.8 Å². The molecule has 0 fully saturated rings. The highest BCUT2D eigenvalue weighted by Crippen LogP contribution is 2.32. The number of nitrogens with one attached hydrogen (secondary N) is 1. The number of carbonyl (C=O) groups excluding carboxylic acids is 1. The second-order valence-electron chi connectivity index (χ2n) is 4.26. The summed E-state index contributed by atoms with van der Waals surface area (Å²) in [6.07, 6.45) is -0.165. The Balaban J connectivity index is 1.96. The van der Waals surface area contributed by atoms with Crippen LogP contribution in [0.4, 0.5) is 13.9 Å². The molecule has 112 valence electrons. The van der Waals surface area contributed by atoms with Crippen molar-refractivity contribution < 1.29 is 18.3 Å². The molecule has 0 aliphatic carbocycles. The second kappa shape index (κ2) is 7.12. The van der Waals surface area contributed by atoms with Crippen molar-refractivity contribution in [3.8, 4) is 5.75 Å². The van der Waals surface area contributed by atoms with Crippen LogP contribution >= 0.6 is 11.3 Å². The highest BCUT2D eigenvalue weighted by molar-refractivity contribution is 7.22. The first-order chi connectivity index (χ1) is 10.1. The van der Waals surface area contributed by atoms with Crippen molar-refractivity contribution in [1.29, 1.82) is 0 Å². The number of allylic oxidation sites excluding steroid dienone is 1. The van der Waals surface area contributed by atoms with E-state index in [0.29, 0.717) is 22.8 Å². The van der Waals surface area contributed by atoms with Crippen molar-refractivity contribution in [2.75, 3.05) is 12.4 Å². The van der Waals surface area contributed by atoms with E-state index in [1.165, 1.54) is 11.3 Å². The number of para-hydroxylation sites is 1. The molecular weight excluding hydrogens is 298 g/mol. The lowest BCUT2D eigenvalue weighted by Gasteiger charge is -2.00. The number of hydrogen-bond donors (Lipinski definition) is 1. The highest BCUT2D eigenvalue weighted by Gasteiger charge is 2.10. The van der Waals surface area contributed by atoms with Gasteiger partial charge in [-0.3, -0.25) is 4.79 Å². The number of methoxy groups -OCH3 is 1. The standard InChI is InChI=1S/C14H14F2N2O2S/c1-20-9-5-4-6-10-13(9)18-14(21-10)17-12(19)8-3-2-7-11(15)16/h4-7H,2-3,8H2,1H3,(H,17,18,19). The largest absolute Gasteiger partial charge is 0.494 e. The van der Waals surface area contributed by atoms with Crippen LogP contribution in [-0.2, 0) is 4.79 Å². The summed E-state index contributed by atoms with van der Waals surface area (Å²) in [5.41, 5.74) is 0.697. The number of carbonyl (C=O) groups is 1. The topological polar surface area (TPSA) is 51.2 Å². The van der Waals surface area contributed by atoms with Crippen LogP contribution in [0, 0.1) is 0 Å². The lowest BCUT2D eigenvalue weighted by Crippen LogP contribution is -2.10. The van der Waals surface area contributed by atoms with E-state index in [-0.39, 0.29) is 18.7 Å². The fourth-order valence-electron chi connectivity index (χ4n) is 1.80. The molecule has 1 heterocycles. The molecule has 0 aliphatic rings. The molecule has 1 N–H and O–H groups in total. The van der Waals surface area contributed by atoms with Crippen LogP contribution < -0.4 is 10.1 Å². The number of fused-ring (bicyclic) bond motifs is 1. The summed E-state index contributed by atoms with van der Waals surface area (Å²) < 4.78 is 29.8. The Morgan fingerprint density at radius 3 is 3.00 bits per heavy atom. The molecule has 7 heteroatoms. The first-order valence-electron chi connectivity index (χ1n) is 6.34. The van der Waals surface area contributed by atoms with Gasteiger partial charge in [-0.05, 0) is 31.1 Å². The minimum Gasteiger partial charge on any atom is -0.494 e. The van der Waals surface area contributed by atoms with Gasteiger partial charge in [-0.15, -0.1) is 0 Å². The predicted molar refractivity (Wildman–Crippen MR) is 79.0 cm³/mol. The van der Waals surface area contributed by atoms with E-state index in [1.807, 2.05) is 12.1 Å². The van der Waals surface area contributed by atoms with Gasteiger partial charge >= 0.3 is 0 Å². The van der Waals surface area contributed by atoms with Crippen molar-refractivity contribution in [3.05, 3.63) is 30.4 Å². The van der Waals surface area contributed by atoms with Gasteiger partial charge < -0.3 is 10.1 Å². The number of thiazole rings is 1. The van der Waals surface area contributed by atoms with Gasteiger partial charge in [0.25, 0.3) is 6.08 Å².